The Balaban J connectivity index is 2.07. The Bertz CT molecular complexity index is 393. The van der Waals surface area contributed by atoms with E-state index in [1.807, 2.05) is 13.0 Å². The van der Waals surface area contributed by atoms with Crippen molar-refractivity contribution in [1.82, 2.24) is 9.97 Å². The molecule has 0 radical (unpaired) electrons. The molecule has 1 saturated carbocycles. The molecule has 4 N–H and O–H groups in total. The molecule has 5 nitrogen and oxygen atoms in total. The lowest BCUT2D eigenvalue weighted by Gasteiger charge is -2.30. The topological polar surface area (TPSA) is 75.9 Å². The van der Waals surface area contributed by atoms with Crippen LogP contribution in [-0.4, -0.2) is 22.6 Å². The molecule has 2 atom stereocenters. The van der Waals surface area contributed by atoms with E-state index in [9.17, 15) is 0 Å². The van der Waals surface area contributed by atoms with Crippen LogP contribution in [0.25, 0.3) is 0 Å². The van der Waals surface area contributed by atoms with Gasteiger partial charge in [-0.2, -0.15) is 9.97 Å². The van der Waals surface area contributed by atoms with Crippen molar-refractivity contribution in [3.8, 4) is 0 Å². The van der Waals surface area contributed by atoms with Crippen molar-refractivity contribution in [3.05, 3.63) is 6.07 Å². The number of hydrogen-bond donors (Lipinski definition) is 3. The maximum Gasteiger partial charge on any atom is 0.223 e. The number of rotatable bonds is 4. The largest absolute Gasteiger partial charge is 0.370 e. The number of aromatic nitrogens is 2. The molecule has 1 aliphatic carbocycles. The monoisotopic (exact) mass is 249 g/mol. The number of anilines is 3. The van der Waals surface area contributed by atoms with Crippen LogP contribution in [0.4, 0.5) is 17.6 Å². The predicted molar refractivity (Wildman–Crippen MR) is 75.7 cm³/mol. The van der Waals surface area contributed by atoms with Crippen LogP contribution >= 0.6 is 0 Å². The standard InChI is InChI=1S/C13H23N5/c1-3-15-11-8-12(18-13(14)17-11)16-10-7-5-4-6-9(10)2/h8-10H,3-7H2,1-2H3,(H4,14,15,16,17,18). The van der Waals surface area contributed by atoms with E-state index in [1.165, 1.54) is 25.7 Å². The summed E-state index contributed by atoms with van der Waals surface area (Å²) in [4.78, 5) is 8.41. The maximum atomic E-state index is 5.73. The van der Waals surface area contributed by atoms with Crippen molar-refractivity contribution < 1.29 is 0 Å². The van der Waals surface area contributed by atoms with Gasteiger partial charge in [-0.15, -0.1) is 0 Å². The van der Waals surface area contributed by atoms with Crippen molar-refractivity contribution in [3.63, 3.8) is 0 Å². The maximum absolute atomic E-state index is 5.73. The van der Waals surface area contributed by atoms with Gasteiger partial charge in [0.1, 0.15) is 11.6 Å². The fraction of sp³-hybridized carbons (Fsp3) is 0.692. The summed E-state index contributed by atoms with van der Waals surface area (Å²) < 4.78 is 0. The van der Waals surface area contributed by atoms with Gasteiger partial charge in [0.05, 0.1) is 0 Å². The first-order valence-electron chi connectivity index (χ1n) is 6.84. The molecule has 0 saturated heterocycles. The van der Waals surface area contributed by atoms with Crippen molar-refractivity contribution >= 4 is 17.6 Å². The van der Waals surface area contributed by atoms with E-state index in [0.29, 0.717) is 17.9 Å². The third-order valence-corrected chi connectivity index (χ3v) is 3.55. The summed E-state index contributed by atoms with van der Waals surface area (Å²) in [6.45, 7) is 5.16. The molecule has 0 spiro atoms. The van der Waals surface area contributed by atoms with Gasteiger partial charge in [-0.25, -0.2) is 0 Å². The first-order valence-corrected chi connectivity index (χ1v) is 6.84. The van der Waals surface area contributed by atoms with Crippen LogP contribution < -0.4 is 16.4 Å². The summed E-state index contributed by atoms with van der Waals surface area (Å²) in [5, 5.41) is 6.67. The Morgan fingerprint density at radius 2 is 2.00 bits per heavy atom. The summed E-state index contributed by atoms with van der Waals surface area (Å²) in [7, 11) is 0. The highest BCUT2D eigenvalue weighted by atomic mass is 15.1. The van der Waals surface area contributed by atoms with Gasteiger partial charge in [-0.05, 0) is 25.7 Å². The van der Waals surface area contributed by atoms with Gasteiger partial charge in [-0.3, -0.25) is 0 Å². The average molecular weight is 249 g/mol. The van der Waals surface area contributed by atoms with Crippen molar-refractivity contribution in [1.29, 1.82) is 0 Å². The first kappa shape index (κ1) is 12.9. The molecule has 18 heavy (non-hydrogen) atoms. The molecule has 0 bridgehead atoms. The molecule has 5 heteroatoms. The summed E-state index contributed by atoms with van der Waals surface area (Å²) in [5.41, 5.74) is 5.73. The summed E-state index contributed by atoms with van der Waals surface area (Å²) in [6, 6.07) is 2.43. The van der Waals surface area contributed by atoms with E-state index < -0.39 is 0 Å². The molecular weight excluding hydrogens is 226 g/mol. The molecule has 1 fully saturated rings. The molecule has 0 amide bonds. The number of nitrogens with one attached hydrogen (secondary N) is 2. The van der Waals surface area contributed by atoms with Crippen LogP contribution in [0, 0.1) is 5.92 Å². The van der Waals surface area contributed by atoms with Crippen LogP contribution in [-0.2, 0) is 0 Å². The van der Waals surface area contributed by atoms with Gasteiger partial charge in [0.2, 0.25) is 5.95 Å². The minimum absolute atomic E-state index is 0.319. The van der Waals surface area contributed by atoms with Crippen LogP contribution in [0.1, 0.15) is 39.5 Å². The molecule has 100 valence electrons. The van der Waals surface area contributed by atoms with Gasteiger partial charge in [0.25, 0.3) is 0 Å². The average Bonchev–Trinajstić information content (AvgIpc) is 2.32. The molecular formula is C13H23N5. The molecule has 0 aliphatic heterocycles. The summed E-state index contributed by atoms with van der Waals surface area (Å²) >= 11 is 0. The van der Waals surface area contributed by atoms with Gasteiger partial charge >= 0.3 is 0 Å². The number of nitrogen functional groups attached to an aromatic ring is 1. The van der Waals surface area contributed by atoms with E-state index >= 15 is 0 Å². The Hall–Kier alpha value is -1.52. The molecule has 0 aromatic carbocycles. The third kappa shape index (κ3) is 3.24. The lowest BCUT2D eigenvalue weighted by atomic mass is 9.86. The highest BCUT2D eigenvalue weighted by Gasteiger charge is 2.21. The van der Waals surface area contributed by atoms with E-state index in [-0.39, 0.29) is 0 Å². The number of hydrogen-bond acceptors (Lipinski definition) is 5. The normalized spacial score (nSPS) is 23.7. The summed E-state index contributed by atoms with van der Waals surface area (Å²) in [6.07, 6.45) is 5.14. The van der Waals surface area contributed by atoms with Crippen molar-refractivity contribution in [2.45, 2.75) is 45.6 Å². The second kappa shape index (κ2) is 5.89. The Kier molecular flexibility index (Phi) is 4.23. The van der Waals surface area contributed by atoms with E-state index in [4.69, 9.17) is 5.73 Å². The Morgan fingerprint density at radius 1 is 1.28 bits per heavy atom. The Morgan fingerprint density at radius 3 is 2.72 bits per heavy atom. The second-order valence-electron chi connectivity index (χ2n) is 5.04. The minimum atomic E-state index is 0.319. The molecule has 1 aliphatic rings. The predicted octanol–water partition coefficient (Wildman–Crippen LogP) is 2.48. The lowest BCUT2D eigenvalue weighted by molar-refractivity contribution is 0.349. The fourth-order valence-electron chi connectivity index (χ4n) is 2.53. The third-order valence-electron chi connectivity index (χ3n) is 3.55. The zero-order valence-electron chi connectivity index (χ0n) is 11.2. The van der Waals surface area contributed by atoms with Crippen LogP contribution in [0.5, 0.6) is 0 Å². The molecule has 1 aromatic heterocycles. The van der Waals surface area contributed by atoms with Gasteiger partial charge in [0, 0.05) is 18.7 Å². The van der Waals surface area contributed by atoms with Crippen LogP contribution in [0.3, 0.4) is 0 Å². The van der Waals surface area contributed by atoms with Crippen molar-refractivity contribution in [2.75, 3.05) is 22.9 Å². The lowest BCUT2D eigenvalue weighted by Crippen LogP contribution is -2.30. The zero-order valence-corrected chi connectivity index (χ0v) is 11.2. The van der Waals surface area contributed by atoms with E-state index in [1.54, 1.807) is 0 Å². The minimum Gasteiger partial charge on any atom is -0.370 e. The first-order chi connectivity index (χ1) is 8.69. The second-order valence-corrected chi connectivity index (χ2v) is 5.04. The number of nitrogens with zero attached hydrogens (tertiary/aromatic N) is 2. The van der Waals surface area contributed by atoms with E-state index in [0.717, 1.165) is 18.2 Å². The molecule has 1 aromatic rings. The molecule has 1 heterocycles. The van der Waals surface area contributed by atoms with Gasteiger partial charge in [0.15, 0.2) is 0 Å². The SMILES string of the molecule is CCNc1cc(NC2CCCCC2C)nc(N)n1. The number of nitrogens with two attached hydrogens (primary N) is 1. The molecule has 2 rings (SSSR count). The highest BCUT2D eigenvalue weighted by molar-refractivity contribution is 5.51. The Labute approximate surface area is 109 Å². The smallest absolute Gasteiger partial charge is 0.223 e. The van der Waals surface area contributed by atoms with E-state index in [2.05, 4.69) is 27.5 Å². The fourth-order valence-corrected chi connectivity index (χ4v) is 2.53. The summed E-state index contributed by atoms with van der Waals surface area (Å²) in [5.74, 6) is 2.63. The van der Waals surface area contributed by atoms with Gasteiger partial charge < -0.3 is 16.4 Å². The van der Waals surface area contributed by atoms with Crippen LogP contribution in [0.2, 0.25) is 0 Å². The highest BCUT2D eigenvalue weighted by Crippen LogP contribution is 2.26. The van der Waals surface area contributed by atoms with Crippen LogP contribution in [0.15, 0.2) is 6.07 Å². The van der Waals surface area contributed by atoms with Crippen molar-refractivity contribution in [2.24, 2.45) is 5.92 Å². The quantitative estimate of drug-likeness (QED) is 0.764. The van der Waals surface area contributed by atoms with Gasteiger partial charge in [-0.1, -0.05) is 19.8 Å². The zero-order chi connectivity index (χ0) is 13.0. The molecule has 2 unspecified atom stereocenters.